The van der Waals surface area contributed by atoms with E-state index in [0.717, 1.165) is 36.7 Å². The zero-order valence-corrected chi connectivity index (χ0v) is 41.3. The lowest BCUT2D eigenvalue weighted by molar-refractivity contribution is -0.180. The molecule has 0 aromatic heterocycles. The Kier molecular flexibility index (Phi) is 20.9. The van der Waals surface area contributed by atoms with E-state index < -0.39 is 5.67 Å². The first kappa shape index (κ1) is 52.1. The summed E-state index contributed by atoms with van der Waals surface area (Å²) in [7, 11) is 0. The second-order valence-electron chi connectivity index (χ2n) is 20.3. The Morgan fingerprint density at radius 1 is 0.556 bits per heavy atom. The summed E-state index contributed by atoms with van der Waals surface area (Å²) in [5.41, 5.74) is 7.17. The van der Waals surface area contributed by atoms with Gasteiger partial charge in [0.2, 0.25) is 0 Å². The van der Waals surface area contributed by atoms with E-state index >= 15 is 0 Å². The molecular weight excluding hydrogens is 784 g/mol. The molecule has 5 aliphatic carbocycles. The minimum absolute atomic E-state index is 0.125. The molecule has 6 heteroatoms. The molecule has 348 valence electrons. The Labute approximate surface area is 382 Å². The zero-order valence-electron chi connectivity index (χ0n) is 41.3. The number of fused-ring (bicyclic) bond motifs is 3. The summed E-state index contributed by atoms with van der Waals surface area (Å²) in [6.07, 6.45) is 10.1. The molecule has 0 spiro atoms. The van der Waals surface area contributed by atoms with Crippen molar-refractivity contribution in [3.8, 4) is 16.9 Å². The SMILES string of the molecule is CC(C)OC12CC3CC(CC(C3)C1)C2.CC(C)OCC(C)(C)F.CC(C)OCC1c2ccccc2-c2ccccc21.CC(C)OCc1ccccc1.Cc1ccc(OC(C)C)cc1. The lowest BCUT2D eigenvalue weighted by atomic mass is 9.54. The molecule has 0 aliphatic heterocycles. The Morgan fingerprint density at radius 3 is 1.43 bits per heavy atom. The third-order valence-electron chi connectivity index (χ3n) is 11.6. The van der Waals surface area contributed by atoms with Gasteiger partial charge in [0.25, 0.3) is 0 Å². The Morgan fingerprint density at radius 2 is 1.02 bits per heavy atom. The van der Waals surface area contributed by atoms with E-state index in [2.05, 4.69) is 107 Å². The van der Waals surface area contributed by atoms with Crippen LogP contribution >= 0.6 is 0 Å². The first-order valence-corrected chi connectivity index (χ1v) is 24.0. The normalized spacial score (nSPS) is 20.5. The molecule has 4 aromatic rings. The van der Waals surface area contributed by atoms with Gasteiger partial charge in [-0.15, -0.1) is 0 Å². The number of aryl methyl sites for hydroxylation is 1. The second-order valence-corrected chi connectivity index (χ2v) is 20.3. The molecule has 9 rings (SSSR count). The van der Waals surface area contributed by atoms with Crippen LogP contribution in [0.25, 0.3) is 11.1 Å². The van der Waals surface area contributed by atoms with Crippen LogP contribution in [0.1, 0.15) is 150 Å². The molecule has 0 amide bonds. The maximum Gasteiger partial charge on any atom is 0.128 e. The quantitative estimate of drug-likeness (QED) is 0.134. The fourth-order valence-corrected chi connectivity index (χ4v) is 9.49. The third kappa shape index (κ3) is 18.5. The predicted molar refractivity (Wildman–Crippen MR) is 262 cm³/mol. The standard InChI is InChI=1S/C17H18O.C13H22O.2C10H14O.C7H15FO/c1-12(2)18-11-17-15-9-5-3-7-13(15)14-8-4-6-10-16(14)17;1-9(2)14-13-6-10-3-11(7-13)5-12(4-10)8-13;1-8(2)11-10-6-4-9(3)5-7-10;1-9(2)11-8-10-6-4-3-5-7-10;1-6(2)9-5-7(3,4)8/h3-10,12,17H,11H2,1-2H3;9-12H,3-8H2,1-2H3;4-8H,1-3H3;3-7,9H,8H2,1-2H3;6H,5H2,1-4H3. The topological polar surface area (TPSA) is 46.2 Å². The van der Waals surface area contributed by atoms with Crippen molar-refractivity contribution in [3.63, 3.8) is 0 Å². The van der Waals surface area contributed by atoms with E-state index in [-0.39, 0.29) is 24.9 Å². The summed E-state index contributed by atoms with van der Waals surface area (Å²) < 4.78 is 40.6. The van der Waals surface area contributed by atoms with Crippen molar-refractivity contribution in [1.82, 2.24) is 0 Å². The van der Waals surface area contributed by atoms with E-state index in [9.17, 15) is 4.39 Å². The van der Waals surface area contributed by atoms with Crippen molar-refractivity contribution < 1.29 is 28.1 Å². The van der Waals surface area contributed by atoms with Crippen molar-refractivity contribution >= 4 is 0 Å². The highest BCUT2D eigenvalue weighted by atomic mass is 19.1. The average molecular weight is 867 g/mol. The molecule has 4 bridgehead atoms. The number of benzene rings is 4. The minimum Gasteiger partial charge on any atom is -0.491 e. The molecule has 63 heavy (non-hydrogen) atoms. The summed E-state index contributed by atoms with van der Waals surface area (Å²) >= 11 is 0. The third-order valence-corrected chi connectivity index (χ3v) is 11.6. The van der Waals surface area contributed by atoms with Crippen molar-refractivity contribution in [2.24, 2.45) is 17.8 Å². The van der Waals surface area contributed by atoms with Gasteiger partial charge in [-0.2, -0.15) is 0 Å². The average Bonchev–Trinajstić information content (AvgIpc) is 3.53. The molecule has 4 saturated carbocycles. The van der Waals surface area contributed by atoms with Gasteiger partial charge in [0, 0.05) is 5.92 Å². The highest BCUT2D eigenvalue weighted by Gasteiger charge is 2.52. The van der Waals surface area contributed by atoms with Crippen LogP contribution in [0.2, 0.25) is 0 Å². The number of alkyl halides is 1. The predicted octanol–water partition coefficient (Wildman–Crippen LogP) is 15.2. The van der Waals surface area contributed by atoms with Crippen LogP contribution < -0.4 is 4.74 Å². The Balaban J connectivity index is 0.000000177. The van der Waals surface area contributed by atoms with Gasteiger partial charge in [-0.1, -0.05) is 96.6 Å². The van der Waals surface area contributed by atoms with E-state index in [0.29, 0.717) is 23.7 Å². The van der Waals surface area contributed by atoms with Gasteiger partial charge in [0.15, 0.2) is 0 Å². The Hall–Kier alpha value is -3.55. The number of halogens is 1. The van der Waals surface area contributed by atoms with Crippen molar-refractivity contribution in [3.05, 3.63) is 125 Å². The fraction of sp³-hybridized carbons (Fsp3) is 0.579. The monoisotopic (exact) mass is 867 g/mol. The summed E-state index contributed by atoms with van der Waals surface area (Å²) in [4.78, 5) is 0. The van der Waals surface area contributed by atoms with Gasteiger partial charge in [0.1, 0.15) is 11.4 Å². The molecule has 5 aliphatic rings. The smallest absolute Gasteiger partial charge is 0.128 e. The summed E-state index contributed by atoms with van der Waals surface area (Å²) in [5, 5.41) is 0. The molecule has 4 aromatic carbocycles. The van der Waals surface area contributed by atoms with Gasteiger partial charge in [-0.05, 0) is 186 Å². The van der Waals surface area contributed by atoms with Crippen LogP contribution in [0.4, 0.5) is 4.39 Å². The molecule has 0 unspecified atom stereocenters. The maximum absolute atomic E-state index is 12.6. The molecule has 4 fully saturated rings. The van der Waals surface area contributed by atoms with Gasteiger partial charge in [-0.25, -0.2) is 4.39 Å². The second kappa shape index (κ2) is 25.2. The van der Waals surface area contributed by atoms with E-state index in [4.69, 9.17) is 23.7 Å². The fourth-order valence-electron chi connectivity index (χ4n) is 9.49. The van der Waals surface area contributed by atoms with Gasteiger partial charge in [0.05, 0.1) is 55.9 Å². The van der Waals surface area contributed by atoms with Gasteiger partial charge < -0.3 is 23.7 Å². The first-order chi connectivity index (χ1) is 29.8. The van der Waals surface area contributed by atoms with Crippen LogP contribution in [0, 0.1) is 24.7 Å². The molecule has 0 saturated heterocycles. The van der Waals surface area contributed by atoms with E-state index in [1.54, 1.807) is 0 Å². The van der Waals surface area contributed by atoms with E-state index in [1.807, 2.05) is 71.9 Å². The highest BCUT2D eigenvalue weighted by molar-refractivity contribution is 5.78. The number of hydrogen-bond acceptors (Lipinski definition) is 5. The molecular formula is C57H83FO5. The van der Waals surface area contributed by atoms with Gasteiger partial charge >= 0.3 is 0 Å². The minimum atomic E-state index is -1.19. The summed E-state index contributed by atoms with van der Waals surface area (Å²) in [5.74, 6) is 4.38. The first-order valence-electron chi connectivity index (χ1n) is 24.0. The van der Waals surface area contributed by atoms with Gasteiger partial charge in [-0.3, -0.25) is 0 Å². The number of ether oxygens (including phenoxy) is 5. The van der Waals surface area contributed by atoms with Crippen molar-refractivity contribution in [1.29, 1.82) is 0 Å². The summed E-state index contributed by atoms with van der Waals surface area (Å²) in [6.45, 7) is 27.3. The zero-order chi connectivity index (χ0) is 46.2. The molecule has 0 heterocycles. The van der Waals surface area contributed by atoms with Crippen LogP contribution in [-0.2, 0) is 25.6 Å². The van der Waals surface area contributed by atoms with E-state index in [1.165, 1.54) is 85.8 Å². The molecule has 0 N–H and O–H groups in total. The van der Waals surface area contributed by atoms with Crippen LogP contribution in [0.3, 0.4) is 0 Å². The maximum atomic E-state index is 12.6. The highest BCUT2D eigenvalue weighted by Crippen LogP contribution is 2.57. The summed E-state index contributed by atoms with van der Waals surface area (Å²) in [6, 6.07) is 35.6. The number of rotatable bonds is 13. The molecule has 0 radical (unpaired) electrons. The van der Waals surface area contributed by atoms with Crippen molar-refractivity contribution in [2.45, 2.75) is 183 Å². The van der Waals surface area contributed by atoms with Crippen LogP contribution in [0.15, 0.2) is 103 Å². The lowest BCUT2D eigenvalue weighted by Gasteiger charge is -2.56. The molecule has 0 atom stereocenters. The Bertz CT molecular complexity index is 1770. The van der Waals surface area contributed by atoms with Crippen LogP contribution in [0.5, 0.6) is 5.75 Å². The van der Waals surface area contributed by atoms with Crippen LogP contribution in [-0.4, -0.2) is 55.0 Å². The molecule has 5 nitrogen and oxygen atoms in total. The van der Waals surface area contributed by atoms with Crippen molar-refractivity contribution in [2.75, 3.05) is 13.2 Å². The largest absolute Gasteiger partial charge is 0.491 e. The lowest BCUT2D eigenvalue weighted by Crippen LogP contribution is -2.52. The number of hydrogen-bond donors (Lipinski definition) is 0.